The zero-order valence-electron chi connectivity index (χ0n) is 9.48. The van der Waals surface area contributed by atoms with Crippen LogP contribution in [0, 0.1) is 17.8 Å². The van der Waals surface area contributed by atoms with Gasteiger partial charge < -0.3 is 10.0 Å². The highest BCUT2D eigenvalue weighted by Gasteiger charge is 2.37. The lowest BCUT2D eigenvalue weighted by molar-refractivity contribution is -0.140. The number of nitrogens with zero attached hydrogens (tertiary/aromatic N) is 1. The molecular weight excluding hydrogens is 190 g/mol. The molecule has 2 fully saturated rings. The third-order valence-electron chi connectivity index (χ3n) is 4.11. The zero-order chi connectivity index (χ0) is 10.8. The second-order valence-electron chi connectivity index (χ2n) is 5.29. The molecule has 0 bridgehead atoms. The molecule has 2 aliphatic rings. The summed E-state index contributed by atoms with van der Waals surface area (Å²) in [5.74, 6) is 1.18. The summed E-state index contributed by atoms with van der Waals surface area (Å²) >= 11 is 0. The van der Waals surface area contributed by atoms with Crippen LogP contribution >= 0.6 is 0 Å². The van der Waals surface area contributed by atoms with Crippen LogP contribution in [-0.4, -0.2) is 36.1 Å². The first kappa shape index (κ1) is 10.9. The summed E-state index contributed by atoms with van der Waals surface area (Å²) < 4.78 is 0. The van der Waals surface area contributed by atoms with Gasteiger partial charge in [-0.1, -0.05) is 25.7 Å². The summed E-state index contributed by atoms with van der Waals surface area (Å²) in [6.45, 7) is 2.21. The van der Waals surface area contributed by atoms with Crippen molar-refractivity contribution < 1.29 is 9.90 Å². The Labute approximate surface area is 91.5 Å². The molecule has 1 saturated heterocycles. The van der Waals surface area contributed by atoms with E-state index in [0.717, 1.165) is 13.1 Å². The summed E-state index contributed by atoms with van der Waals surface area (Å²) in [6, 6.07) is 0. The Balaban J connectivity index is 1.92. The molecule has 1 N–H and O–H groups in total. The summed E-state index contributed by atoms with van der Waals surface area (Å²) in [4.78, 5) is 13.2. The van der Waals surface area contributed by atoms with Crippen molar-refractivity contribution in [1.29, 1.82) is 0 Å². The van der Waals surface area contributed by atoms with E-state index in [1.807, 2.05) is 0 Å². The van der Waals surface area contributed by atoms with E-state index in [2.05, 4.69) is 11.9 Å². The van der Waals surface area contributed by atoms with E-state index in [-0.39, 0.29) is 0 Å². The Morgan fingerprint density at radius 2 is 1.93 bits per heavy atom. The largest absolute Gasteiger partial charge is 0.481 e. The van der Waals surface area contributed by atoms with Gasteiger partial charge in [-0.3, -0.25) is 4.79 Å². The highest BCUT2D eigenvalue weighted by atomic mass is 16.4. The van der Waals surface area contributed by atoms with Crippen molar-refractivity contribution in [3.05, 3.63) is 0 Å². The zero-order valence-corrected chi connectivity index (χ0v) is 9.48. The van der Waals surface area contributed by atoms with E-state index in [9.17, 15) is 4.79 Å². The summed E-state index contributed by atoms with van der Waals surface area (Å²) in [7, 11) is 2.11. The van der Waals surface area contributed by atoms with Crippen LogP contribution in [0.5, 0.6) is 0 Å². The van der Waals surface area contributed by atoms with Gasteiger partial charge in [0.1, 0.15) is 0 Å². The molecule has 0 spiro atoms. The Hall–Kier alpha value is -0.570. The van der Waals surface area contributed by atoms with Crippen LogP contribution in [-0.2, 0) is 4.79 Å². The van der Waals surface area contributed by atoms with Crippen molar-refractivity contribution in [2.24, 2.45) is 17.8 Å². The highest BCUT2D eigenvalue weighted by molar-refractivity contribution is 5.67. The second kappa shape index (κ2) is 4.52. The predicted molar refractivity (Wildman–Crippen MR) is 58.7 cm³/mol. The van der Waals surface area contributed by atoms with E-state index in [0.29, 0.717) is 24.2 Å². The monoisotopic (exact) mass is 211 g/mol. The highest BCUT2D eigenvalue weighted by Crippen LogP contribution is 2.39. The van der Waals surface area contributed by atoms with E-state index in [1.165, 1.54) is 25.7 Å². The Morgan fingerprint density at radius 1 is 1.33 bits per heavy atom. The van der Waals surface area contributed by atoms with Gasteiger partial charge in [0.15, 0.2) is 0 Å². The minimum atomic E-state index is -0.610. The van der Waals surface area contributed by atoms with E-state index >= 15 is 0 Å². The summed E-state index contributed by atoms with van der Waals surface area (Å²) in [5, 5.41) is 8.97. The topological polar surface area (TPSA) is 40.5 Å². The number of rotatable bonds is 4. The fourth-order valence-electron chi connectivity index (χ4n) is 3.32. The van der Waals surface area contributed by atoms with Gasteiger partial charge in [-0.25, -0.2) is 0 Å². The number of carboxylic acid groups (broad SMARTS) is 1. The van der Waals surface area contributed by atoms with Crippen molar-refractivity contribution in [1.82, 2.24) is 4.90 Å². The van der Waals surface area contributed by atoms with Gasteiger partial charge in [0.05, 0.1) is 0 Å². The lowest BCUT2D eigenvalue weighted by Gasteiger charge is -2.43. The van der Waals surface area contributed by atoms with Gasteiger partial charge in [0, 0.05) is 19.5 Å². The molecule has 1 aliphatic heterocycles. The molecule has 1 unspecified atom stereocenters. The minimum Gasteiger partial charge on any atom is -0.481 e. The molecule has 1 aliphatic carbocycles. The van der Waals surface area contributed by atoms with Crippen LogP contribution in [0.25, 0.3) is 0 Å². The van der Waals surface area contributed by atoms with E-state index < -0.39 is 5.97 Å². The van der Waals surface area contributed by atoms with Gasteiger partial charge in [-0.15, -0.1) is 0 Å². The molecule has 0 amide bonds. The molecule has 0 aromatic carbocycles. The molecule has 1 heterocycles. The van der Waals surface area contributed by atoms with Gasteiger partial charge in [0.2, 0.25) is 0 Å². The number of hydrogen-bond acceptors (Lipinski definition) is 2. The molecule has 2 rings (SSSR count). The van der Waals surface area contributed by atoms with Gasteiger partial charge >= 0.3 is 5.97 Å². The van der Waals surface area contributed by atoms with Gasteiger partial charge in [-0.05, 0) is 24.8 Å². The Kier molecular flexibility index (Phi) is 3.29. The standard InChI is InChI=1S/C12H21NO2/c1-13-7-10(8-13)11(6-12(14)15)9-4-2-3-5-9/h9-11H,2-8H2,1H3,(H,14,15). The molecule has 1 atom stereocenters. The molecule has 0 aromatic rings. The fraction of sp³-hybridized carbons (Fsp3) is 0.917. The molecule has 0 aromatic heterocycles. The number of carbonyl (C=O) groups is 1. The summed E-state index contributed by atoms with van der Waals surface area (Å²) in [6.07, 6.45) is 5.53. The van der Waals surface area contributed by atoms with E-state index in [4.69, 9.17) is 5.11 Å². The fourth-order valence-corrected chi connectivity index (χ4v) is 3.32. The molecule has 86 valence electrons. The van der Waals surface area contributed by atoms with Crippen LogP contribution in [0.15, 0.2) is 0 Å². The average Bonchev–Trinajstić information content (AvgIpc) is 2.61. The molecule has 0 radical (unpaired) electrons. The maximum Gasteiger partial charge on any atom is 0.303 e. The van der Waals surface area contributed by atoms with Crippen molar-refractivity contribution in [2.45, 2.75) is 32.1 Å². The maximum absolute atomic E-state index is 10.9. The van der Waals surface area contributed by atoms with Crippen molar-refractivity contribution in [3.8, 4) is 0 Å². The second-order valence-corrected chi connectivity index (χ2v) is 5.29. The Morgan fingerprint density at radius 3 is 2.40 bits per heavy atom. The van der Waals surface area contributed by atoms with Crippen LogP contribution in [0.1, 0.15) is 32.1 Å². The molecule has 15 heavy (non-hydrogen) atoms. The number of hydrogen-bond donors (Lipinski definition) is 1. The van der Waals surface area contributed by atoms with Crippen LogP contribution in [0.2, 0.25) is 0 Å². The lowest BCUT2D eigenvalue weighted by Crippen LogP contribution is -2.49. The SMILES string of the molecule is CN1CC(C(CC(=O)O)C2CCCC2)C1. The van der Waals surface area contributed by atoms with Crippen molar-refractivity contribution in [2.75, 3.05) is 20.1 Å². The molecule has 1 saturated carbocycles. The minimum absolute atomic E-state index is 0.392. The third kappa shape index (κ3) is 2.51. The maximum atomic E-state index is 10.9. The third-order valence-corrected chi connectivity index (χ3v) is 4.11. The van der Waals surface area contributed by atoms with Crippen molar-refractivity contribution >= 4 is 5.97 Å². The van der Waals surface area contributed by atoms with E-state index in [1.54, 1.807) is 0 Å². The van der Waals surface area contributed by atoms with Gasteiger partial charge in [0.25, 0.3) is 0 Å². The smallest absolute Gasteiger partial charge is 0.303 e. The number of aliphatic carboxylic acids is 1. The predicted octanol–water partition coefficient (Wildman–Crippen LogP) is 1.83. The normalized spacial score (nSPS) is 26.5. The lowest BCUT2D eigenvalue weighted by atomic mass is 9.75. The molecular formula is C12H21NO2. The number of likely N-dealkylation sites (tertiary alicyclic amines) is 1. The first-order valence-corrected chi connectivity index (χ1v) is 6.07. The molecule has 3 heteroatoms. The van der Waals surface area contributed by atoms with Gasteiger partial charge in [-0.2, -0.15) is 0 Å². The first-order chi connectivity index (χ1) is 7.16. The van der Waals surface area contributed by atoms with Crippen molar-refractivity contribution in [3.63, 3.8) is 0 Å². The van der Waals surface area contributed by atoms with Crippen LogP contribution in [0.3, 0.4) is 0 Å². The first-order valence-electron chi connectivity index (χ1n) is 6.07. The quantitative estimate of drug-likeness (QED) is 0.771. The Bertz CT molecular complexity index is 230. The van der Waals surface area contributed by atoms with Crippen LogP contribution < -0.4 is 0 Å². The average molecular weight is 211 g/mol. The summed E-state index contributed by atoms with van der Waals surface area (Å²) in [5.41, 5.74) is 0. The number of carboxylic acids is 1. The molecule has 3 nitrogen and oxygen atoms in total. The van der Waals surface area contributed by atoms with Crippen LogP contribution in [0.4, 0.5) is 0 Å².